The van der Waals surface area contributed by atoms with E-state index in [9.17, 15) is 5.11 Å². The van der Waals surface area contributed by atoms with Gasteiger partial charge in [-0.15, -0.1) is 0 Å². The average Bonchev–Trinajstić information content (AvgIpc) is 1.89. The molecule has 0 aromatic carbocycles. The van der Waals surface area contributed by atoms with Gasteiger partial charge in [0.25, 0.3) is 0 Å². The molecule has 0 bridgehead atoms. The van der Waals surface area contributed by atoms with Gasteiger partial charge in [0.05, 0.1) is 5.60 Å². The third-order valence-corrected chi connectivity index (χ3v) is 2.25. The fourth-order valence-corrected chi connectivity index (χ4v) is 1.61. The quantitative estimate of drug-likeness (QED) is 0.602. The Morgan fingerprint density at radius 3 is 2.50 bits per heavy atom. The van der Waals surface area contributed by atoms with Crippen LogP contribution in [0.3, 0.4) is 0 Å². The van der Waals surface area contributed by atoms with E-state index in [-0.39, 0.29) is 5.60 Å². The molecule has 1 heterocycles. The molecule has 0 spiro atoms. The molecule has 1 aliphatic heterocycles. The van der Waals surface area contributed by atoms with Gasteiger partial charge < -0.3 is 10.4 Å². The van der Waals surface area contributed by atoms with E-state index in [1.165, 1.54) is 0 Å². The van der Waals surface area contributed by atoms with Gasteiger partial charge in [-0.05, 0) is 32.4 Å². The second-order valence-electron chi connectivity index (χ2n) is 3.22. The van der Waals surface area contributed by atoms with Crippen LogP contribution in [0.5, 0.6) is 0 Å². The third kappa shape index (κ3) is 1.96. The van der Waals surface area contributed by atoms with Gasteiger partial charge in [0, 0.05) is 0 Å². The highest BCUT2D eigenvalue weighted by molar-refractivity contribution is 4.83. The first-order valence-electron chi connectivity index (χ1n) is 4.20. The molecule has 0 saturated carbocycles. The minimum Gasteiger partial charge on any atom is -0.390 e. The fraction of sp³-hybridized carbons (Fsp3) is 1.00. The fourth-order valence-electron chi connectivity index (χ4n) is 1.61. The minimum absolute atomic E-state index is 0.333. The maximum absolute atomic E-state index is 9.83. The van der Waals surface area contributed by atoms with Crippen LogP contribution in [0.25, 0.3) is 0 Å². The van der Waals surface area contributed by atoms with E-state index in [4.69, 9.17) is 0 Å². The summed E-state index contributed by atoms with van der Waals surface area (Å²) in [5.74, 6) is 0. The zero-order valence-corrected chi connectivity index (χ0v) is 6.69. The normalized spacial score (nSPS) is 24.6. The molecular formula is C8H17NO. The van der Waals surface area contributed by atoms with E-state index >= 15 is 0 Å². The summed E-state index contributed by atoms with van der Waals surface area (Å²) >= 11 is 0. The van der Waals surface area contributed by atoms with Crippen LogP contribution < -0.4 is 5.32 Å². The van der Waals surface area contributed by atoms with Crippen LogP contribution in [0.4, 0.5) is 0 Å². The number of piperidine rings is 1. The number of hydrogen-bond donors (Lipinski definition) is 2. The van der Waals surface area contributed by atoms with E-state index in [0.717, 1.165) is 38.8 Å². The van der Waals surface area contributed by atoms with Gasteiger partial charge in [0.15, 0.2) is 0 Å². The van der Waals surface area contributed by atoms with Crippen molar-refractivity contribution in [1.82, 2.24) is 5.32 Å². The molecule has 0 aliphatic carbocycles. The van der Waals surface area contributed by atoms with Crippen molar-refractivity contribution in [3.8, 4) is 0 Å². The van der Waals surface area contributed by atoms with Gasteiger partial charge in [0.2, 0.25) is 0 Å². The van der Waals surface area contributed by atoms with Crippen LogP contribution in [0, 0.1) is 0 Å². The second-order valence-corrected chi connectivity index (χ2v) is 3.22. The van der Waals surface area contributed by atoms with Crippen LogP contribution in [0.15, 0.2) is 0 Å². The Morgan fingerprint density at radius 1 is 1.40 bits per heavy atom. The Labute approximate surface area is 62.6 Å². The monoisotopic (exact) mass is 143 g/mol. The number of hydrogen-bond acceptors (Lipinski definition) is 2. The standard InChI is InChI=1S/C8H17NO/c1-2-3-8(10)4-6-9-7-5-8/h9-10H,2-7H2,1H3. The first-order chi connectivity index (χ1) is 4.77. The summed E-state index contributed by atoms with van der Waals surface area (Å²) in [6.45, 7) is 4.09. The van der Waals surface area contributed by atoms with Crippen molar-refractivity contribution in [2.24, 2.45) is 0 Å². The van der Waals surface area contributed by atoms with Crippen molar-refractivity contribution < 1.29 is 5.11 Å². The summed E-state index contributed by atoms with van der Waals surface area (Å²) in [5.41, 5.74) is -0.333. The Hall–Kier alpha value is -0.0800. The summed E-state index contributed by atoms with van der Waals surface area (Å²) in [6.07, 6.45) is 3.92. The summed E-state index contributed by atoms with van der Waals surface area (Å²) in [5, 5.41) is 13.1. The first-order valence-corrected chi connectivity index (χ1v) is 4.20. The molecule has 0 aromatic rings. The van der Waals surface area contributed by atoms with Gasteiger partial charge in [-0.3, -0.25) is 0 Å². The van der Waals surface area contributed by atoms with Gasteiger partial charge in [-0.25, -0.2) is 0 Å². The zero-order chi connectivity index (χ0) is 7.45. The Kier molecular flexibility index (Phi) is 2.69. The zero-order valence-electron chi connectivity index (χ0n) is 6.69. The van der Waals surface area contributed by atoms with Gasteiger partial charge >= 0.3 is 0 Å². The number of nitrogens with one attached hydrogen (secondary N) is 1. The van der Waals surface area contributed by atoms with Crippen LogP contribution in [-0.4, -0.2) is 23.8 Å². The molecule has 0 unspecified atom stereocenters. The van der Waals surface area contributed by atoms with E-state index < -0.39 is 0 Å². The summed E-state index contributed by atoms with van der Waals surface area (Å²) in [6, 6.07) is 0. The Balaban J connectivity index is 2.32. The van der Waals surface area contributed by atoms with Crippen molar-refractivity contribution in [2.75, 3.05) is 13.1 Å². The van der Waals surface area contributed by atoms with Crippen LogP contribution in [-0.2, 0) is 0 Å². The molecular weight excluding hydrogens is 126 g/mol. The lowest BCUT2D eigenvalue weighted by molar-refractivity contribution is 0.00194. The molecule has 0 radical (unpaired) electrons. The van der Waals surface area contributed by atoms with E-state index in [1.54, 1.807) is 0 Å². The number of aliphatic hydroxyl groups is 1. The molecule has 2 heteroatoms. The van der Waals surface area contributed by atoms with Gasteiger partial charge in [-0.1, -0.05) is 13.3 Å². The Bertz CT molecular complexity index is 91.9. The lowest BCUT2D eigenvalue weighted by Crippen LogP contribution is -2.41. The van der Waals surface area contributed by atoms with E-state index in [0.29, 0.717) is 0 Å². The first kappa shape index (κ1) is 8.02. The second kappa shape index (κ2) is 3.35. The lowest BCUT2D eigenvalue weighted by Gasteiger charge is -2.32. The molecule has 0 aromatic heterocycles. The van der Waals surface area contributed by atoms with Crippen molar-refractivity contribution in [3.63, 3.8) is 0 Å². The molecule has 1 aliphatic rings. The minimum atomic E-state index is -0.333. The van der Waals surface area contributed by atoms with Crippen LogP contribution in [0.1, 0.15) is 32.6 Å². The predicted octanol–water partition coefficient (Wildman–Crippen LogP) is 0.901. The summed E-state index contributed by atoms with van der Waals surface area (Å²) in [4.78, 5) is 0. The molecule has 2 nitrogen and oxygen atoms in total. The van der Waals surface area contributed by atoms with Crippen molar-refractivity contribution in [1.29, 1.82) is 0 Å². The number of rotatable bonds is 2. The molecule has 0 amide bonds. The van der Waals surface area contributed by atoms with Gasteiger partial charge in [-0.2, -0.15) is 0 Å². The smallest absolute Gasteiger partial charge is 0.0671 e. The van der Waals surface area contributed by atoms with Crippen LogP contribution in [0.2, 0.25) is 0 Å². The molecule has 0 atom stereocenters. The largest absolute Gasteiger partial charge is 0.390 e. The van der Waals surface area contributed by atoms with Crippen molar-refractivity contribution in [3.05, 3.63) is 0 Å². The molecule has 1 fully saturated rings. The van der Waals surface area contributed by atoms with Crippen molar-refractivity contribution in [2.45, 2.75) is 38.2 Å². The predicted molar refractivity (Wildman–Crippen MR) is 42.0 cm³/mol. The maximum Gasteiger partial charge on any atom is 0.0671 e. The topological polar surface area (TPSA) is 32.3 Å². The third-order valence-electron chi connectivity index (χ3n) is 2.25. The molecule has 10 heavy (non-hydrogen) atoms. The molecule has 2 N–H and O–H groups in total. The highest BCUT2D eigenvalue weighted by Crippen LogP contribution is 2.22. The van der Waals surface area contributed by atoms with Gasteiger partial charge in [0.1, 0.15) is 0 Å². The highest BCUT2D eigenvalue weighted by atomic mass is 16.3. The highest BCUT2D eigenvalue weighted by Gasteiger charge is 2.27. The average molecular weight is 143 g/mol. The maximum atomic E-state index is 9.83. The SMILES string of the molecule is CCCC1(O)CCNCC1. The molecule has 60 valence electrons. The summed E-state index contributed by atoms with van der Waals surface area (Å²) in [7, 11) is 0. The van der Waals surface area contributed by atoms with Crippen LogP contribution >= 0.6 is 0 Å². The van der Waals surface area contributed by atoms with Crippen molar-refractivity contribution >= 4 is 0 Å². The summed E-state index contributed by atoms with van der Waals surface area (Å²) < 4.78 is 0. The lowest BCUT2D eigenvalue weighted by atomic mass is 9.88. The molecule has 1 rings (SSSR count). The Morgan fingerprint density at radius 2 is 2.00 bits per heavy atom. The van der Waals surface area contributed by atoms with E-state index in [2.05, 4.69) is 12.2 Å². The molecule has 1 saturated heterocycles. The van der Waals surface area contributed by atoms with E-state index in [1.807, 2.05) is 0 Å².